The predicted molar refractivity (Wildman–Crippen MR) is 82.7 cm³/mol. The van der Waals surface area contributed by atoms with Gasteiger partial charge in [-0.15, -0.1) is 0 Å². The second kappa shape index (κ2) is 7.70. The standard InChI is InChI=1S/C16H16FNO3S/c1-21-15-4-2-12(8-13(15)17)14(19)3-5-16(20)18-9-11-6-7-22-10-11/h2,4,6-8,10H,3,5,9H2,1H3,(H,18,20). The summed E-state index contributed by atoms with van der Waals surface area (Å²) in [6.45, 7) is 0.452. The van der Waals surface area contributed by atoms with Crippen LogP contribution < -0.4 is 10.1 Å². The van der Waals surface area contributed by atoms with Crippen molar-refractivity contribution in [2.24, 2.45) is 0 Å². The molecule has 1 aromatic heterocycles. The smallest absolute Gasteiger partial charge is 0.220 e. The van der Waals surface area contributed by atoms with E-state index >= 15 is 0 Å². The number of thiophene rings is 1. The molecule has 1 heterocycles. The van der Waals surface area contributed by atoms with Crippen LogP contribution >= 0.6 is 11.3 Å². The Hall–Kier alpha value is -2.21. The Morgan fingerprint density at radius 3 is 2.73 bits per heavy atom. The number of benzene rings is 1. The van der Waals surface area contributed by atoms with Crippen molar-refractivity contribution in [2.45, 2.75) is 19.4 Å². The third-order valence-corrected chi connectivity index (χ3v) is 3.85. The van der Waals surface area contributed by atoms with Gasteiger partial charge in [0.1, 0.15) is 0 Å². The first-order valence-corrected chi connectivity index (χ1v) is 7.69. The van der Waals surface area contributed by atoms with Crippen LogP contribution in [0.2, 0.25) is 0 Å². The summed E-state index contributed by atoms with van der Waals surface area (Å²) in [4.78, 5) is 23.6. The van der Waals surface area contributed by atoms with Crippen LogP contribution in [0, 0.1) is 5.82 Å². The van der Waals surface area contributed by atoms with Gasteiger partial charge in [-0.05, 0) is 40.6 Å². The Balaban J connectivity index is 1.81. The van der Waals surface area contributed by atoms with Gasteiger partial charge in [0.15, 0.2) is 17.3 Å². The fourth-order valence-electron chi connectivity index (χ4n) is 1.89. The lowest BCUT2D eigenvalue weighted by Crippen LogP contribution is -2.23. The van der Waals surface area contributed by atoms with Crippen LogP contribution in [0.15, 0.2) is 35.0 Å². The van der Waals surface area contributed by atoms with E-state index in [1.54, 1.807) is 11.3 Å². The van der Waals surface area contributed by atoms with Crippen LogP contribution in [-0.4, -0.2) is 18.8 Å². The van der Waals surface area contributed by atoms with Gasteiger partial charge < -0.3 is 10.1 Å². The number of methoxy groups -OCH3 is 1. The van der Waals surface area contributed by atoms with Crippen molar-refractivity contribution in [3.63, 3.8) is 0 Å². The van der Waals surface area contributed by atoms with Crippen molar-refractivity contribution < 1.29 is 18.7 Å². The monoisotopic (exact) mass is 321 g/mol. The molecule has 2 aromatic rings. The summed E-state index contributed by atoms with van der Waals surface area (Å²) in [5.41, 5.74) is 1.27. The summed E-state index contributed by atoms with van der Waals surface area (Å²) in [5, 5.41) is 6.63. The molecular formula is C16H16FNO3S. The fourth-order valence-corrected chi connectivity index (χ4v) is 2.56. The zero-order valence-electron chi connectivity index (χ0n) is 12.1. The van der Waals surface area contributed by atoms with E-state index in [2.05, 4.69) is 5.32 Å². The highest BCUT2D eigenvalue weighted by Gasteiger charge is 2.12. The van der Waals surface area contributed by atoms with Crippen LogP contribution in [0.4, 0.5) is 4.39 Å². The third-order valence-electron chi connectivity index (χ3n) is 3.12. The zero-order valence-corrected chi connectivity index (χ0v) is 12.9. The normalized spacial score (nSPS) is 10.3. The number of amides is 1. The van der Waals surface area contributed by atoms with E-state index in [9.17, 15) is 14.0 Å². The number of rotatable bonds is 7. The molecule has 1 aromatic carbocycles. The lowest BCUT2D eigenvalue weighted by Gasteiger charge is -2.05. The molecule has 0 aliphatic heterocycles. The Bertz CT molecular complexity index is 655. The van der Waals surface area contributed by atoms with Gasteiger partial charge in [0.25, 0.3) is 0 Å². The van der Waals surface area contributed by atoms with Crippen LogP contribution in [0.25, 0.3) is 0 Å². The maximum Gasteiger partial charge on any atom is 0.220 e. The highest BCUT2D eigenvalue weighted by atomic mass is 32.1. The molecule has 0 spiro atoms. The van der Waals surface area contributed by atoms with E-state index in [-0.39, 0.29) is 35.8 Å². The van der Waals surface area contributed by atoms with E-state index in [1.807, 2.05) is 16.8 Å². The quantitative estimate of drug-likeness (QED) is 0.797. The summed E-state index contributed by atoms with van der Waals surface area (Å²) in [6.07, 6.45) is 0.123. The fraction of sp³-hybridized carbons (Fsp3) is 0.250. The van der Waals surface area contributed by atoms with Crippen molar-refractivity contribution in [1.82, 2.24) is 5.32 Å². The molecule has 0 unspecified atom stereocenters. The van der Waals surface area contributed by atoms with Crippen LogP contribution in [0.5, 0.6) is 5.75 Å². The number of Topliss-reactive ketones (excluding diaryl/α,β-unsaturated/α-hetero) is 1. The van der Waals surface area contributed by atoms with Gasteiger partial charge >= 0.3 is 0 Å². The Labute approximate surface area is 131 Å². The van der Waals surface area contributed by atoms with E-state index in [0.717, 1.165) is 11.6 Å². The average molecular weight is 321 g/mol. The van der Waals surface area contributed by atoms with E-state index in [4.69, 9.17) is 4.74 Å². The number of halogens is 1. The first-order valence-electron chi connectivity index (χ1n) is 6.74. The number of ether oxygens (including phenoxy) is 1. The molecule has 0 aliphatic rings. The SMILES string of the molecule is COc1ccc(C(=O)CCC(=O)NCc2ccsc2)cc1F. The number of nitrogens with one attached hydrogen (secondary N) is 1. The zero-order chi connectivity index (χ0) is 15.9. The summed E-state index contributed by atoms with van der Waals surface area (Å²) in [6, 6.07) is 5.95. The Morgan fingerprint density at radius 2 is 2.09 bits per heavy atom. The van der Waals surface area contributed by atoms with Gasteiger partial charge in [-0.3, -0.25) is 9.59 Å². The lowest BCUT2D eigenvalue weighted by molar-refractivity contribution is -0.121. The Kier molecular flexibility index (Phi) is 5.66. The minimum Gasteiger partial charge on any atom is -0.494 e. The molecule has 0 fully saturated rings. The molecule has 116 valence electrons. The van der Waals surface area contributed by atoms with Crippen LogP contribution in [-0.2, 0) is 11.3 Å². The van der Waals surface area contributed by atoms with Gasteiger partial charge in [0, 0.05) is 24.9 Å². The van der Waals surface area contributed by atoms with Crippen LogP contribution in [0.3, 0.4) is 0 Å². The minimum atomic E-state index is -0.588. The van der Waals surface area contributed by atoms with Gasteiger partial charge in [-0.1, -0.05) is 0 Å². The summed E-state index contributed by atoms with van der Waals surface area (Å²) < 4.78 is 18.3. The topological polar surface area (TPSA) is 55.4 Å². The van der Waals surface area contributed by atoms with Crippen molar-refractivity contribution >= 4 is 23.0 Å². The minimum absolute atomic E-state index is 0.0429. The molecule has 0 bridgehead atoms. The van der Waals surface area contributed by atoms with Gasteiger partial charge in [-0.2, -0.15) is 11.3 Å². The molecule has 6 heteroatoms. The molecule has 1 N–H and O–H groups in total. The number of hydrogen-bond donors (Lipinski definition) is 1. The number of ketones is 1. The average Bonchev–Trinajstić information content (AvgIpc) is 3.03. The molecule has 0 saturated heterocycles. The summed E-state index contributed by atoms with van der Waals surface area (Å²) in [7, 11) is 1.36. The maximum atomic E-state index is 13.5. The highest BCUT2D eigenvalue weighted by molar-refractivity contribution is 7.07. The van der Waals surface area contributed by atoms with Crippen molar-refractivity contribution in [3.05, 3.63) is 52.0 Å². The number of carbonyl (C=O) groups excluding carboxylic acids is 2. The molecule has 1 amide bonds. The van der Waals surface area contributed by atoms with E-state index in [0.29, 0.717) is 6.54 Å². The first kappa shape index (κ1) is 16.2. The second-order valence-corrected chi connectivity index (χ2v) is 5.46. The predicted octanol–water partition coefficient (Wildman–Crippen LogP) is 3.18. The molecule has 4 nitrogen and oxygen atoms in total. The summed E-state index contributed by atoms with van der Waals surface area (Å²) >= 11 is 1.56. The molecular weight excluding hydrogens is 305 g/mol. The van der Waals surface area contributed by atoms with Crippen LogP contribution in [0.1, 0.15) is 28.8 Å². The summed E-state index contributed by atoms with van der Waals surface area (Å²) in [5.74, 6) is -0.971. The van der Waals surface area contributed by atoms with Gasteiger partial charge in [0.05, 0.1) is 7.11 Å². The van der Waals surface area contributed by atoms with Crippen molar-refractivity contribution in [1.29, 1.82) is 0 Å². The van der Waals surface area contributed by atoms with Crippen molar-refractivity contribution in [2.75, 3.05) is 7.11 Å². The maximum absolute atomic E-state index is 13.5. The molecule has 22 heavy (non-hydrogen) atoms. The van der Waals surface area contributed by atoms with Gasteiger partial charge in [0.2, 0.25) is 5.91 Å². The van der Waals surface area contributed by atoms with Crippen molar-refractivity contribution in [3.8, 4) is 5.75 Å². The Morgan fingerprint density at radius 1 is 1.27 bits per heavy atom. The number of hydrogen-bond acceptors (Lipinski definition) is 4. The second-order valence-electron chi connectivity index (χ2n) is 4.68. The first-order chi connectivity index (χ1) is 10.6. The largest absolute Gasteiger partial charge is 0.494 e. The lowest BCUT2D eigenvalue weighted by atomic mass is 10.1. The molecule has 0 aliphatic carbocycles. The highest BCUT2D eigenvalue weighted by Crippen LogP contribution is 2.18. The van der Waals surface area contributed by atoms with E-state index in [1.165, 1.54) is 19.2 Å². The number of carbonyl (C=O) groups is 2. The van der Waals surface area contributed by atoms with E-state index < -0.39 is 5.82 Å². The van der Waals surface area contributed by atoms with Gasteiger partial charge in [-0.25, -0.2) is 4.39 Å². The molecule has 2 rings (SSSR count). The third kappa shape index (κ3) is 4.39. The molecule has 0 saturated carbocycles. The molecule has 0 radical (unpaired) electrons. The molecule has 0 atom stereocenters.